The minimum atomic E-state index is -4.11. The lowest BCUT2D eigenvalue weighted by Crippen LogP contribution is -2.47. The molecule has 6 heteroatoms. The number of nitrogens with two attached hydrogens (primary N) is 2. The molecular formula is C6H10N2O3S. The maximum atomic E-state index is 10.6. The largest absolute Gasteiger partial charge is 0.310 e. The third-order valence-corrected chi connectivity index (χ3v) is 2.41. The standard InChI is InChI=1S/C6H10N2O3S/c7-6(8)3-1-5(2-4-6)12(9,10)11/h1-3H,4,7-8H2,(H,9,10,11). The van der Waals surface area contributed by atoms with Gasteiger partial charge < -0.3 is 11.5 Å². The molecule has 0 unspecified atom stereocenters. The van der Waals surface area contributed by atoms with E-state index in [0.717, 1.165) is 0 Å². The third-order valence-electron chi connectivity index (χ3n) is 1.51. The number of hydrogen-bond acceptors (Lipinski definition) is 4. The average Bonchev–Trinajstić information content (AvgIpc) is 1.83. The summed E-state index contributed by atoms with van der Waals surface area (Å²) in [5, 5.41) is 0. The van der Waals surface area contributed by atoms with Crippen molar-refractivity contribution in [2.24, 2.45) is 11.5 Å². The van der Waals surface area contributed by atoms with E-state index in [4.69, 9.17) is 16.0 Å². The Hall–Kier alpha value is -0.690. The first-order valence-corrected chi connectivity index (χ1v) is 4.70. The second kappa shape index (κ2) is 2.67. The van der Waals surface area contributed by atoms with Crippen LogP contribution >= 0.6 is 0 Å². The average molecular weight is 190 g/mol. The summed E-state index contributed by atoms with van der Waals surface area (Å²) in [6.45, 7) is 0. The minimum absolute atomic E-state index is 0.158. The molecule has 68 valence electrons. The summed E-state index contributed by atoms with van der Waals surface area (Å²) in [6.07, 6.45) is 4.02. The number of allylic oxidation sites excluding steroid dienone is 1. The Balaban J connectivity index is 2.93. The predicted molar refractivity (Wildman–Crippen MR) is 44.5 cm³/mol. The van der Waals surface area contributed by atoms with E-state index >= 15 is 0 Å². The molecule has 0 aliphatic heterocycles. The van der Waals surface area contributed by atoms with Gasteiger partial charge in [-0.05, 0) is 12.2 Å². The van der Waals surface area contributed by atoms with Crippen molar-refractivity contribution in [3.63, 3.8) is 0 Å². The zero-order valence-corrected chi connectivity index (χ0v) is 7.08. The van der Waals surface area contributed by atoms with Crippen molar-refractivity contribution in [1.29, 1.82) is 0 Å². The van der Waals surface area contributed by atoms with Crippen LogP contribution in [-0.2, 0) is 10.1 Å². The molecule has 1 aliphatic rings. The predicted octanol–water partition coefficient (Wildman–Crippen LogP) is -0.668. The van der Waals surface area contributed by atoms with Gasteiger partial charge in [-0.1, -0.05) is 6.08 Å². The van der Waals surface area contributed by atoms with Crippen LogP contribution in [0.25, 0.3) is 0 Å². The lowest BCUT2D eigenvalue weighted by Gasteiger charge is -2.21. The molecule has 0 fully saturated rings. The molecular weight excluding hydrogens is 180 g/mol. The summed E-state index contributed by atoms with van der Waals surface area (Å²) in [6, 6.07) is 0. The minimum Gasteiger partial charge on any atom is -0.310 e. The highest BCUT2D eigenvalue weighted by Gasteiger charge is 2.21. The summed E-state index contributed by atoms with van der Waals surface area (Å²) < 4.78 is 29.7. The van der Waals surface area contributed by atoms with Gasteiger partial charge in [-0.3, -0.25) is 4.55 Å². The second-order valence-corrected chi connectivity index (χ2v) is 4.15. The van der Waals surface area contributed by atoms with Gasteiger partial charge in [-0.2, -0.15) is 8.42 Å². The Morgan fingerprint density at radius 3 is 2.42 bits per heavy atom. The van der Waals surface area contributed by atoms with Crippen molar-refractivity contribution >= 4 is 10.1 Å². The highest BCUT2D eigenvalue weighted by Crippen LogP contribution is 2.17. The van der Waals surface area contributed by atoms with Crippen molar-refractivity contribution in [1.82, 2.24) is 0 Å². The Morgan fingerprint density at radius 1 is 1.50 bits per heavy atom. The molecule has 12 heavy (non-hydrogen) atoms. The van der Waals surface area contributed by atoms with Gasteiger partial charge in [-0.15, -0.1) is 0 Å². The number of rotatable bonds is 1. The fraction of sp³-hybridized carbons (Fsp3) is 0.333. The molecule has 0 aromatic carbocycles. The van der Waals surface area contributed by atoms with Crippen LogP contribution in [0.5, 0.6) is 0 Å². The first-order chi connectivity index (χ1) is 5.31. The lowest BCUT2D eigenvalue weighted by atomic mass is 10.0. The van der Waals surface area contributed by atoms with Crippen LogP contribution in [0, 0.1) is 0 Å². The zero-order valence-electron chi connectivity index (χ0n) is 6.27. The molecule has 0 atom stereocenters. The summed E-state index contributed by atoms with van der Waals surface area (Å²) in [7, 11) is -4.11. The third kappa shape index (κ3) is 2.15. The van der Waals surface area contributed by atoms with Crippen LogP contribution in [-0.4, -0.2) is 18.6 Å². The van der Waals surface area contributed by atoms with Gasteiger partial charge in [0.05, 0.1) is 10.6 Å². The number of hydrogen-bond donors (Lipinski definition) is 3. The van der Waals surface area contributed by atoms with Crippen LogP contribution in [0.15, 0.2) is 23.1 Å². The SMILES string of the molecule is NC1(N)C=CC(S(=O)(=O)O)=CC1. The Kier molecular flexibility index (Phi) is 2.09. The van der Waals surface area contributed by atoms with Crippen LogP contribution < -0.4 is 11.5 Å². The van der Waals surface area contributed by atoms with Gasteiger partial charge in [0.25, 0.3) is 10.1 Å². The van der Waals surface area contributed by atoms with Crippen molar-refractivity contribution in [2.45, 2.75) is 12.1 Å². The molecule has 0 heterocycles. The molecule has 1 aliphatic carbocycles. The molecule has 0 spiro atoms. The van der Waals surface area contributed by atoms with Gasteiger partial charge in [0.15, 0.2) is 0 Å². The monoisotopic (exact) mass is 190 g/mol. The summed E-state index contributed by atoms with van der Waals surface area (Å²) in [4.78, 5) is -0.158. The van der Waals surface area contributed by atoms with Crippen LogP contribution in [0.1, 0.15) is 6.42 Å². The molecule has 0 bridgehead atoms. The highest BCUT2D eigenvalue weighted by atomic mass is 32.2. The van der Waals surface area contributed by atoms with Gasteiger partial charge in [0.2, 0.25) is 0 Å². The topological polar surface area (TPSA) is 106 Å². The Morgan fingerprint density at radius 2 is 2.08 bits per heavy atom. The van der Waals surface area contributed by atoms with E-state index in [0.29, 0.717) is 0 Å². The fourth-order valence-electron chi connectivity index (χ4n) is 0.842. The van der Waals surface area contributed by atoms with Crippen LogP contribution in [0.3, 0.4) is 0 Å². The zero-order chi connectivity index (χ0) is 9.41. The summed E-state index contributed by atoms with van der Waals surface area (Å²) >= 11 is 0. The summed E-state index contributed by atoms with van der Waals surface area (Å²) in [5.41, 5.74) is 9.90. The molecule has 0 amide bonds. The smallest absolute Gasteiger partial charge is 0.294 e. The fourth-order valence-corrected chi connectivity index (χ4v) is 1.38. The molecule has 5 N–H and O–H groups in total. The molecule has 0 radical (unpaired) electrons. The van der Waals surface area contributed by atoms with Gasteiger partial charge in [0, 0.05) is 6.42 Å². The molecule has 0 aromatic rings. The molecule has 1 rings (SSSR count). The van der Waals surface area contributed by atoms with Crippen LogP contribution in [0.4, 0.5) is 0 Å². The van der Waals surface area contributed by atoms with E-state index < -0.39 is 15.8 Å². The molecule has 5 nitrogen and oxygen atoms in total. The van der Waals surface area contributed by atoms with Gasteiger partial charge in [0.1, 0.15) is 0 Å². The first-order valence-electron chi connectivity index (χ1n) is 3.26. The van der Waals surface area contributed by atoms with E-state index in [1.807, 2.05) is 0 Å². The van der Waals surface area contributed by atoms with E-state index in [1.54, 1.807) is 0 Å². The normalized spacial score (nSPS) is 22.1. The maximum absolute atomic E-state index is 10.6. The van der Waals surface area contributed by atoms with Crippen molar-refractivity contribution in [3.8, 4) is 0 Å². The van der Waals surface area contributed by atoms with Crippen molar-refractivity contribution < 1.29 is 13.0 Å². The molecule has 0 saturated carbocycles. The van der Waals surface area contributed by atoms with Crippen molar-refractivity contribution in [3.05, 3.63) is 23.1 Å². The molecule has 0 aromatic heterocycles. The highest BCUT2D eigenvalue weighted by molar-refractivity contribution is 7.90. The quantitative estimate of drug-likeness (QED) is 0.375. The Labute approximate surface area is 70.5 Å². The van der Waals surface area contributed by atoms with Gasteiger partial charge in [-0.25, -0.2) is 0 Å². The van der Waals surface area contributed by atoms with E-state index in [-0.39, 0.29) is 11.3 Å². The van der Waals surface area contributed by atoms with Crippen molar-refractivity contribution in [2.75, 3.05) is 0 Å². The van der Waals surface area contributed by atoms with Crippen LogP contribution in [0.2, 0.25) is 0 Å². The van der Waals surface area contributed by atoms with Gasteiger partial charge >= 0.3 is 0 Å². The summed E-state index contributed by atoms with van der Waals surface area (Å²) in [5.74, 6) is 0. The first kappa shape index (κ1) is 9.40. The maximum Gasteiger partial charge on any atom is 0.294 e. The molecule has 0 saturated heterocycles. The van der Waals surface area contributed by atoms with E-state index in [9.17, 15) is 8.42 Å². The van der Waals surface area contributed by atoms with E-state index in [1.165, 1.54) is 18.2 Å². The Bertz CT molecular complexity index is 340. The lowest BCUT2D eigenvalue weighted by molar-refractivity contribution is 0.490. The van der Waals surface area contributed by atoms with E-state index in [2.05, 4.69) is 0 Å². The second-order valence-electron chi connectivity index (χ2n) is 2.73.